The van der Waals surface area contributed by atoms with Crippen molar-refractivity contribution in [2.75, 3.05) is 5.32 Å². The minimum absolute atomic E-state index is 0.249. The number of ether oxygens (including phenoxy) is 1. The van der Waals surface area contributed by atoms with Crippen LogP contribution in [0, 0.1) is 12.7 Å². The molecule has 29 heavy (non-hydrogen) atoms. The van der Waals surface area contributed by atoms with E-state index in [1.54, 1.807) is 12.1 Å². The fourth-order valence-corrected chi connectivity index (χ4v) is 3.53. The van der Waals surface area contributed by atoms with Crippen molar-refractivity contribution in [2.24, 2.45) is 0 Å². The van der Waals surface area contributed by atoms with Crippen molar-refractivity contribution in [2.45, 2.75) is 20.1 Å². The lowest BCUT2D eigenvalue weighted by molar-refractivity contribution is 0.303. The van der Waals surface area contributed by atoms with Crippen LogP contribution in [-0.2, 0) is 13.2 Å². The number of rotatable bonds is 6. The number of benzene rings is 4. The van der Waals surface area contributed by atoms with Crippen LogP contribution in [-0.4, -0.2) is 0 Å². The van der Waals surface area contributed by atoms with Gasteiger partial charge in [0.05, 0.1) is 0 Å². The molecule has 0 heterocycles. The van der Waals surface area contributed by atoms with E-state index < -0.39 is 0 Å². The van der Waals surface area contributed by atoms with Gasteiger partial charge in [-0.15, -0.1) is 0 Å². The molecule has 0 spiro atoms. The summed E-state index contributed by atoms with van der Waals surface area (Å²) < 4.78 is 19.3. The first-order chi connectivity index (χ1) is 14.1. The van der Waals surface area contributed by atoms with Gasteiger partial charge in [-0.2, -0.15) is 0 Å². The van der Waals surface area contributed by atoms with Crippen LogP contribution in [0.5, 0.6) is 5.75 Å². The minimum atomic E-state index is -0.249. The summed E-state index contributed by atoms with van der Waals surface area (Å²) >= 11 is 6.26. The molecule has 0 radical (unpaired) electrons. The van der Waals surface area contributed by atoms with Gasteiger partial charge in [-0.05, 0) is 59.2 Å². The van der Waals surface area contributed by atoms with Gasteiger partial charge in [0.25, 0.3) is 0 Å². The highest BCUT2D eigenvalue weighted by Gasteiger charge is 2.11. The van der Waals surface area contributed by atoms with E-state index in [1.807, 2.05) is 43.3 Å². The van der Waals surface area contributed by atoms with Crippen LogP contribution in [0.3, 0.4) is 0 Å². The van der Waals surface area contributed by atoms with E-state index in [1.165, 1.54) is 12.1 Å². The Hall–Kier alpha value is -3.04. The number of nitrogens with one attached hydrogen (secondary N) is 1. The second-order valence-electron chi connectivity index (χ2n) is 6.94. The van der Waals surface area contributed by atoms with E-state index in [2.05, 4.69) is 23.5 Å². The molecule has 0 bridgehead atoms. The second-order valence-corrected chi connectivity index (χ2v) is 7.35. The molecule has 146 valence electrons. The Kier molecular flexibility index (Phi) is 5.68. The molecule has 4 aromatic carbocycles. The number of fused-ring (bicyclic) bond motifs is 1. The van der Waals surface area contributed by atoms with Gasteiger partial charge in [-0.3, -0.25) is 0 Å². The first-order valence-corrected chi connectivity index (χ1v) is 9.86. The largest absolute Gasteiger partial charge is 0.489 e. The molecule has 2 nitrogen and oxygen atoms in total. The van der Waals surface area contributed by atoms with Gasteiger partial charge in [-0.25, -0.2) is 4.39 Å². The molecule has 0 unspecified atom stereocenters. The molecule has 1 N–H and O–H groups in total. The molecule has 0 atom stereocenters. The van der Waals surface area contributed by atoms with Crippen LogP contribution >= 0.6 is 11.6 Å². The summed E-state index contributed by atoms with van der Waals surface area (Å²) in [6.07, 6.45) is 0. The molecule has 4 aromatic rings. The third kappa shape index (κ3) is 4.36. The maximum Gasteiger partial charge on any atom is 0.125 e. The van der Waals surface area contributed by atoms with Gasteiger partial charge in [-0.1, -0.05) is 60.1 Å². The smallest absolute Gasteiger partial charge is 0.125 e. The summed E-state index contributed by atoms with van der Waals surface area (Å²) in [5.41, 5.74) is 4.01. The minimum Gasteiger partial charge on any atom is -0.489 e. The van der Waals surface area contributed by atoms with Gasteiger partial charge < -0.3 is 10.1 Å². The SMILES string of the molecule is Cc1c(Cl)cccc1NCc1c(OCc2ccc(F)cc2)ccc2ccccc12. The van der Waals surface area contributed by atoms with E-state index in [-0.39, 0.29) is 5.82 Å². The fourth-order valence-electron chi connectivity index (χ4n) is 3.36. The first kappa shape index (κ1) is 19.3. The van der Waals surface area contributed by atoms with E-state index in [0.717, 1.165) is 43.9 Å². The molecule has 0 amide bonds. The predicted molar refractivity (Wildman–Crippen MR) is 118 cm³/mol. The highest BCUT2D eigenvalue weighted by molar-refractivity contribution is 6.31. The van der Waals surface area contributed by atoms with Crippen molar-refractivity contribution in [1.29, 1.82) is 0 Å². The Bertz CT molecular complexity index is 1140. The normalized spacial score (nSPS) is 10.9. The summed E-state index contributed by atoms with van der Waals surface area (Å²) in [6.45, 7) is 2.98. The van der Waals surface area contributed by atoms with Gasteiger partial charge in [0.15, 0.2) is 0 Å². The van der Waals surface area contributed by atoms with E-state index in [4.69, 9.17) is 16.3 Å². The van der Waals surface area contributed by atoms with Crippen molar-refractivity contribution < 1.29 is 9.13 Å². The van der Waals surface area contributed by atoms with Crippen molar-refractivity contribution in [1.82, 2.24) is 0 Å². The summed E-state index contributed by atoms with van der Waals surface area (Å²) in [6, 6.07) is 24.5. The molecule has 0 fully saturated rings. The standard InChI is InChI=1S/C25H21ClFNO/c1-17-23(26)7-4-8-24(17)28-15-22-21-6-3-2-5-19(21)11-14-25(22)29-16-18-9-12-20(27)13-10-18/h2-14,28H,15-16H2,1H3. The third-order valence-electron chi connectivity index (χ3n) is 5.03. The Morgan fingerprint density at radius 3 is 2.52 bits per heavy atom. The summed E-state index contributed by atoms with van der Waals surface area (Å²) in [4.78, 5) is 0. The van der Waals surface area contributed by atoms with Crippen molar-refractivity contribution in [3.05, 3.63) is 106 Å². The number of hydrogen-bond donors (Lipinski definition) is 1. The van der Waals surface area contributed by atoms with Gasteiger partial charge in [0, 0.05) is 22.8 Å². The summed E-state index contributed by atoms with van der Waals surface area (Å²) in [5, 5.41) is 6.52. The van der Waals surface area contributed by atoms with Crippen LogP contribution < -0.4 is 10.1 Å². The molecule has 0 aliphatic rings. The van der Waals surface area contributed by atoms with E-state index in [0.29, 0.717) is 13.2 Å². The molecule has 0 aliphatic heterocycles. The molecular weight excluding hydrogens is 385 g/mol. The van der Waals surface area contributed by atoms with Crippen molar-refractivity contribution in [3.63, 3.8) is 0 Å². The van der Waals surface area contributed by atoms with Gasteiger partial charge in [0.1, 0.15) is 18.2 Å². The summed E-state index contributed by atoms with van der Waals surface area (Å²) in [5.74, 6) is 0.557. The lowest BCUT2D eigenvalue weighted by Crippen LogP contribution is -2.05. The zero-order valence-electron chi connectivity index (χ0n) is 16.1. The monoisotopic (exact) mass is 405 g/mol. The predicted octanol–water partition coefficient (Wildman–Crippen LogP) is 7.13. The zero-order valence-corrected chi connectivity index (χ0v) is 16.8. The van der Waals surface area contributed by atoms with Crippen LogP contribution in [0.1, 0.15) is 16.7 Å². The number of hydrogen-bond acceptors (Lipinski definition) is 2. The molecular formula is C25H21ClFNO. The fraction of sp³-hybridized carbons (Fsp3) is 0.120. The first-order valence-electron chi connectivity index (χ1n) is 9.48. The summed E-state index contributed by atoms with van der Waals surface area (Å²) in [7, 11) is 0. The van der Waals surface area contributed by atoms with Crippen LogP contribution in [0.2, 0.25) is 5.02 Å². The molecule has 0 saturated heterocycles. The molecule has 4 heteroatoms. The number of anilines is 1. The molecule has 0 aliphatic carbocycles. The molecule has 0 aromatic heterocycles. The molecule has 4 rings (SSSR count). The Balaban J connectivity index is 1.63. The van der Waals surface area contributed by atoms with Crippen molar-refractivity contribution >= 4 is 28.1 Å². The quantitative estimate of drug-likeness (QED) is 0.368. The van der Waals surface area contributed by atoms with Crippen LogP contribution in [0.4, 0.5) is 10.1 Å². The highest BCUT2D eigenvalue weighted by Crippen LogP contribution is 2.31. The third-order valence-corrected chi connectivity index (χ3v) is 5.44. The average molecular weight is 406 g/mol. The van der Waals surface area contributed by atoms with Crippen molar-refractivity contribution in [3.8, 4) is 5.75 Å². The topological polar surface area (TPSA) is 21.3 Å². The maximum atomic E-state index is 13.2. The lowest BCUT2D eigenvalue weighted by Gasteiger charge is -2.17. The number of halogens is 2. The maximum absolute atomic E-state index is 13.2. The highest BCUT2D eigenvalue weighted by atomic mass is 35.5. The lowest BCUT2D eigenvalue weighted by atomic mass is 10.0. The Labute approximate surface area is 174 Å². The Morgan fingerprint density at radius 1 is 0.897 bits per heavy atom. The van der Waals surface area contributed by atoms with E-state index >= 15 is 0 Å². The molecule has 0 saturated carbocycles. The zero-order chi connectivity index (χ0) is 20.2. The second kappa shape index (κ2) is 8.54. The average Bonchev–Trinajstić information content (AvgIpc) is 2.74. The van der Waals surface area contributed by atoms with Crippen LogP contribution in [0.25, 0.3) is 10.8 Å². The van der Waals surface area contributed by atoms with Gasteiger partial charge in [0.2, 0.25) is 0 Å². The van der Waals surface area contributed by atoms with Gasteiger partial charge >= 0.3 is 0 Å². The van der Waals surface area contributed by atoms with E-state index in [9.17, 15) is 4.39 Å². The Morgan fingerprint density at radius 2 is 1.69 bits per heavy atom. The van der Waals surface area contributed by atoms with Crippen LogP contribution in [0.15, 0.2) is 78.9 Å².